The zero-order valence-corrected chi connectivity index (χ0v) is 24.4. The van der Waals surface area contributed by atoms with E-state index in [1.807, 2.05) is 39.3 Å². The molecule has 7 nitrogen and oxygen atoms in total. The minimum absolute atomic E-state index is 0.0737. The molecule has 1 atom stereocenters. The van der Waals surface area contributed by atoms with Crippen LogP contribution in [0.2, 0.25) is 64.5 Å². The van der Waals surface area contributed by atoms with E-state index in [4.69, 9.17) is 22.2 Å². The number of rotatable bonds is 13. The lowest BCUT2D eigenvalue weighted by molar-refractivity contribution is -0.141. The number of aliphatic carboxylic acids is 1. The predicted molar refractivity (Wildman–Crippen MR) is 126 cm³/mol. The quantitative estimate of drug-likeness (QED) is 0.193. The van der Waals surface area contributed by atoms with Gasteiger partial charge in [-0.25, -0.2) is 9.59 Å². The Hall–Kier alpha value is -0.782. The SMILES string of the molecule is C[Si](C)(C)O[Si](C)(O[Si](C)(C)C)O[Si](C)(C)C(CCOC(=O)/C=C/C(=O)O)CC(F)(F)F. The molecule has 0 fully saturated rings. The molecule has 0 aromatic rings. The van der Waals surface area contributed by atoms with Crippen molar-refractivity contribution in [2.45, 2.75) is 83.5 Å². The molecule has 0 saturated heterocycles. The molecule has 188 valence electrons. The molecular weight excluding hydrogens is 498 g/mol. The topological polar surface area (TPSA) is 91.3 Å². The molecule has 0 saturated carbocycles. The van der Waals surface area contributed by atoms with E-state index in [1.54, 1.807) is 19.6 Å². The number of carboxylic acid groups (broad SMARTS) is 1. The summed E-state index contributed by atoms with van der Waals surface area (Å²) in [6.07, 6.45) is -4.26. The van der Waals surface area contributed by atoms with Gasteiger partial charge in [0.25, 0.3) is 0 Å². The Balaban J connectivity index is 5.63. The molecule has 0 bridgehead atoms. The Labute approximate surface area is 193 Å². The van der Waals surface area contributed by atoms with Crippen molar-refractivity contribution in [2.24, 2.45) is 0 Å². The highest BCUT2D eigenvalue weighted by atomic mass is 28.5. The van der Waals surface area contributed by atoms with Crippen molar-refractivity contribution in [1.29, 1.82) is 0 Å². The Bertz CT molecular complexity index is 655. The first kappa shape index (κ1) is 31.2. The molecule has 0 aromatic carbocycles. The van der Waals surface area contributed by atoms with E-state index in [-0.39, 0.29) is 13.0 Å². The maximum absolute atomic E-state index is 13.4. The highest BCUT2D eigenvalue weighted by molar-refractivity contribution is 6.90. The number of carboxylic acids is 1. The maximum atomic E-state index is 13.4. The van der Waals surface area contributed by atoms with Gasteiger partial charge in [-0.3, -0.25) is 0 Å². The molecule has 0 amide bonds. The van der Waals surface area contributed by atoms with Gasteiger partial charge in [0.15, 0.2) is 25.0 Å². The average Bonchev–Trinajstić information content (AvgIpc) is 2.45. The smallest absolute Gasteiger partial charge is 0.466 e. The molecule has 0 radical (unpaired) electrons. The van der Waals surface area contributed by atoms with Gasteiger partial charge >= 0.3 is 26.9 Å². The van der Waals surface area contributed by atoms with Gasteiger partial charge in [-0.15, -0.1) is 0 Å². The van der Waals surface area contributed by atoms with Crippen LogP contribution >= 0.6 is 0 Å². The monoisotopic (exact) mass is 534 g/mol. The van der Waals surface area contributed by atoms with E-state index in [2.05, 4.69) is 0 Å². The first-order chi connectivity index (χ1) is 14.0. The lowest BCUT2D eigenvalue weighted by Crippen LogP contribution is -2.60. The summed E-state index contributed by atoms with van der Waals surface area (Å²) < 4.78 is 63.9. The molecule has 0 aliphatic carbocycles. The number of hydrogen-bond donors (Lipinski definition) is 1. The highest BCUT2D eigenvalue weighted by Gasteiger charge is 2.51. The average molecular weight is 535 g/mol. The minimum Gasteiger partial charge on any atom is -0.478 e. The second-order valence-electron chi connectivity index (χ2n) is 10.1. The number of ether oxygens (including phenoxy) is 1. The molecule has 14 heteroatoms. The van der Waals surface area contributed by atoms with E-state index < -0.39 is 63.8 Å². The fourth-order valence-corrected chi connectivity index (χ4v) is 19.7. The Morgan fingerprint density at radius 3 is 1.72 bits per heavy atom. The summed E-state index contributed by atoms with van der Waals surface area (Å²) in [6.45, 7) is 16.7. The van der Waals surface area contributed by atoms with Gasteiger partial charge in [0.1, 0.15) is 0 Å². The van der Waals surface area contributed by atoms with Gasteiger partial charge < -0.3 is 22.2 Å². The first-order valence-electron chi connectivity index (χ1n) is 10.3. The van der Waals surface area contributed by atoms with Crippen LogP contribution in [-0.4, -0.2) is 63.6 Å². The van der Waals surface area contributed by atoms with Crippen molar-refractivity contribution in [3.05, 3.63) is 12.2 Å². The molecule has 0 aromatic heterocycles. The second kappa shape index (κ2) is 11.6. The van der Waals surface area contributed by atoms with Gasteiger partial charge in [0.05, 0.1) is 6.61 Å². The summed E-state index contributed by atoms with van der Waals surface area (Å²) in [7, 11) is -10.5. The van der Waals surface area contributed by atoms with Crippen molar-refractivity contribution in [2.75, 3.05) is 6.61 Å². The number of halogens is 3. The van der Waals surface area contributed by atoms with E-state index in [0.717, 1.165) is 0 Å². The zero-order valence-electron chi connectivity index (χ0n) is 20.4. The van der Waals surface area contributed by atoms with Gasteiger partial charge in [0, 0.05) is 25.1 Å². The van der Waals surface area contributed by atoms with Gasteiger partial charge in [-0.05, 0) is 64.3 Å². The molecule has 0 rings (SSSR count). The van der Waals surface area contributed by atoms with Crippen molar-refractivity contribution in [1.82, 2.24) is 0 Å². The fraction of sp³-hybridized carbons (Fsp3) is 0.778. The Morgan fingerprint density at radius 1 is 0.875 bits per heavy atom. The summed E-state index contributed by atoms with van der Waals surface area (Å²) in [4.78, 5) is 22.0. The van der Waals surface area contributed by atoms with Gasteiger partial charge in [-0.2, -0.15) is 13.2 Å². The minimum atomic E-state index is -4.43. The second-order valence-corrected chi connectivity index (χ2v) is 26.8. The summed E-state index contributed by atoms with van der Waals surface area (Å²) in [6, 6.07) is 0. The number of carbonyl (C=O) groups is 2. The number of esters is 1. The van der Waals surface area contributed by atoms with Crippen LogP contribution in [0.5, 0.6) is 0 Å². The third-order valence-corrected chi connectivity index (χ3v) is 17.9. The Morgan fingerprint density at radius 2 is 1.34 bits per heavy atom. The Kier molecular flexibility index (Phi) is 11.3. The summed E-state index contributed by atoms with van der Waals surface area (Å²) in [5.74, 6) is -2.25. The van der Waals surface area contributed by atoms with Crippen LogP contribution < -0.4 is 0 Å². The lowest BCUT2D eigenvalue weighted by atomic mass is 10.2. The molecule has 0 aliphatic rings. The standard InChI is InChI=1S/C18H37F3O7Si4/c1-29(2,3)26-32(9,27-30(4,5)6)28-31(7,8)15(14-18(19,20)21)12-13-25-17(24)11-10-16(22)23/h10-11,15H,12-14H2,1-9H3,(H,22,23)/b11-10+. The molecule has 0 heterocycles. The predicted octanol–water partition coefficient (Wildman–Crippen LogP) is 5.38. The van der Waals surface area contributed by atoms with Crippen LogP contribution in [-0.2, 0) is 26.7 Å². The van der Waals surface area contributed by atoms with Crippen LogP contribution in [0.15, 0.2) is 12.2 Å². The van der Waals surface area contributed by atoms with Crippen LogP contribution in [0.3, 0.4) is 0 Å². The van der Waals surface area contributed by atoms with E-state index in [9.17, 15) is 22.8 Å². The van der Waals surface area contributed by atoms with Crippen LogP contribution in [0.25, 0.3) is 0 Å². The molecule has 0 aliphatic heterocycles. The zero-order chi connectivity index (χ0) is 25.6. The third-order valence-electron chi connectivity index (χ3n) is 3.97. The molecule has 0 spiro atoms. The maximum Gasteiger partial charge on any atom is 0.466 e. The van der Waals surface area contributed by atoms with Crippen LogP contribution in [0.1, 0.15) is 12.8 Å². The summed E-state index contributed by atoms with van der Waals surface area (Å²) >= 11 is 0. The van der Waals surface area contributed by atoms with Crippen molar-refractivity contribution in [3.63, 3.8) is 0 Å². The highest BCUT2D eigenvalue weighted by Crippen LogP contribution is 2.40. The van der Waals surface area contributed by atoms with Crippen LogP contribution in [0.4, 0.5) is 13.2 Å². The fourth-order valence-electron chi connectivity index (χ4n) is 3.20. The van der Waals surface area contributed by atoms with E-state index >= 15 is 0 Å². The number of carbonyl (C=O) groups excluding carboxylic acids is 1. The van der Waals surface area contributed by atoms with Crippen molar-refractivity contribution < 1.29 is 44.9 Å². The molecular formula is C18H37F3O7Si4. The molecule has 32 heavy (non-hydrogen) atoms. The van der Waals surface area contributed by atoms with Crippen molar-refractivity contribution in [3.8, 4) is 0 Å². The number of alkyl halides is 3. The third kappa shape index (κ3) is 15.1. The normalized spacial score (nSPS) is 15.1. The van der Waals surface area contributed by atoms with Gasteiger partial charge in [-0.1, -0.05) is 0 Å². The van der Waals surface area contributed by atoms with Gasteiger partial charge in [0.2, 0.25) is 0 Å². The van der Waals surface area contributed by atoms with E-state index in [1.165, 1.54) is 0 Å². The van der Waals surface area contributed by atoms with Crippen LogP contribution in [0, 0.1) is 0 Å². The molecule has 1 N–H and O–H groups in total. The van der Waals surface area contributed by atoms with E-state index in [0.29, 0.717) is 12.2 Å². The summed E-state index contributed by atoms with van der Waals surface area (Å²) in [5.41, 5.74) is -0.916. The summed E-state index contributed by atoms with van der Waals surface area (Å²) in [5, 5.41) is 8.53. The lowest BCUT2D eigenvalue weighted by Gasteiger charge is -2.44. The molecule has 1 unspecified atom stereocenters. The van der Waals surface area contributed by atoms with Crippen molar-refractivity contribution >= 4 is 45.7 Å². The first-order valence-corrected chi connectivity index (χ1v) is 22.3. The largest absolute Gasteiger partial charge is 0.478 e. The number of hydrogen-bond acceptors (Lipinski definition) is 6.